The van der Waals surface area contributed by atoms with Gasteiger partial charge < -0.3 is 10.2 Å². The first-order valence-electron chi connectivity index (χ1n) is 6.43. The predicted molar refractivity (Wildman–Crippen MR) is 69.8 cm³/mol. The summed E-state index contributed by atoms with van der Waals surface area (Å²) in [5.41, 5.74) is 0.748. The van der Waals surface area contributed by atoms with E-state index in [0.29, 0.717) is 24.2 Å². The van der Waals surface area contributed by atoms with Crippen molar-refractivity contribution >= 4 is 5.69 Å². The lowest BCUT2D eigenvalue weighted by Gasteiger charge is -2.20. The minimum atomic E-state index is -0.468. The van der Waals surface area contributed by atoms with E-state index in [1.54, 1.807) is 11.9 Å². The Morgan fingerprint density at radius 3 is 2.28 bits per heavy atom. The molecule has 0 aliphatic heterocycles. The molecule has 0 atom stereocenters. The smallest absolute Gasteiger partial charge is 0.149 e. The lowest BCUT2D eigenvalue weighted by Crippen LogP contribution is -2.24. The van der Waals surface area contributed by atoms with Gasteiger partial charge in [-0.15, -0.1) is 0 Å². The minimum absolute atomic E-state index is 0.103. The van der Waals surface area contributed by atoms with Gasteiger partial charge in [0.25, 0.3) is 0 Å². The molecule has 100 valence electrons. The van der Waals surface area contributed by atoms with Crippen molar-refractivity contribution in [1.29, 1.82) is 0 Å². The third-order valence-electron chi connectivity index (χ3n) is 3.24. The molecule has 0 aromatic heterocycles. The fourth-order valence-electron chi connectivity index (χ4n) is 2.02. The van der Waals surface area contributed by atoms with Crippen molar-refractivity contribution in [2.75, 3.05) is 11.9 Å². The molecule has 0 saturated heterocycles. The Kier molecular flexibility index (Phi) is 3.85. The summed E-state index contributed by atoms with van der Waals surface area (Å²) in [5, 5.41) is 3.15. The second kappa shape index (κ2) is 5.22. The molecule has 4 heteroatoms. The molecular formula is C14H20F2N2. The Bertz CT molecular complexity index is 405. The summed E-state index contributed by atoms with van der Waals surface area (Å²) < 4.78 is 27.9. The van der Waals surface area contributed by atoms with Gasteiger partial charge in [-0.1, -0.05) is 13.8 Å². The van der Waals surface area contributed by atoms with Crippen LogP contribution in [0, 0.1) is 11.6 Å². The summed E-state index contributed by atoms with van der Waals surface area (Å²) in [6.07, 6.45) is 2.04. The molecule has 1 aromatic carbocycles. The fourth-order valence-corrected chi connectivity index (χ4v) is 2.02. The van der Waals surface area contributed by atoms with E-state index in [-0.39, 0.29) is 5.69 Å². The number of nitrogens with zero attached hydrogens (tertiary/aromatic N) is 1. The number of anilines is 1. The molecule has 1 aliphatic carbocycles. The molecule has 1 fully saturated rings. The fraction of sp³-hybridized carbons (Fsp3) is 0.571. The molecule has 18 heavy (non-hydrogen) atoms. The van der Waals surface area contributed by atoms with Gasteiger partial charge in [-0.2, -0.15) is 0 Å². The Morgan fingerprint density at radius 1 is 1.28 bits per heavy atom. The first-order valence-corrected chi connectivity index (χ1v) is 6.43. The summed E-state index contributed by atoms with van der Waals surface area (Å²) in [6, 6.07) is 3.44. The Labute approximate surface area is 107 Å². The standard InChI is InChI=1S/C14H20F2N2/c1-9(2)17-8-10-6-12(15)14(13(16)7-10)18(3)11-4-5-11/h6-7,9,11,17H,4-5,8H2,1-3H3. The van der Waals surface area contributed by atoms with E-state index in [1.165, 1.54) is 12.1 Å². The second-order valence-corrected chi connectivity index (χ2v) is 5.29. The molecule has 1 aliphatic rings. The van der Waals surface area contributed by atoms with Crippen molar-refractivity contribution in [3.05, 3.63) is 29.3 Å². The van der Waals surface area contributed by atoms with E-state index < -0.39 is 11.6 Å². The van der Waals surface area contributed by atoms with Crippen LogP contribution < -0.4 is 10.2 Å². The predicted octanol–water partition coefficient (Wildman–Crippen LogP) is 3.06. The van der Waals surface area contributed by atoms with Crippen molar-refractivity contribution < 1.29 is 8.78 Å². The maximum Gasteiger partial charge on any atom is 0.149 e. The van der Waals surface area contributed by atoms with Gasteiger partial charge in [-0.05, 0) is 30.5 Å². The molecule has 0 unspecified atom stereocenters. The van der Waals surface area contributed by atoms with Crippen LogP contribution in [0.15, 0.2) is 12.1 Å². The van der Waals surface area contributed by atoms with E-state index in [0.717, 1.165) is 12.8 Å². The zero-order valence-electron chi connectivity index (χ0n) is 11.1. The summed E-state index contributed by atoms with van der Waals surface area (Å²) >= 11 is 0. The van der Waals surface area contributed by atoms with Gasteiger partial charge in [0.2, 0.25) is 0 Å². The Balaban J connectivity index is 2.17. The van der Waals surface area contributed by atoms with E-state index >= 15 is 0 Å². The van der Waals surface area contributed by atoms with Crippen LogP contribution in [0.1, 0.15) is 32.3 Å². The van der Waals surface area contributed by atoms with Gasteiger partial charge in [-0.3, -0.25) is 0 Å². The third kappa shape index (κ3) is 2.99. The van der Waals surface area contributed by atoms with Crippen molar-refractivity contribution in [1.82, 2.24) is 5.32 Å². The van der Waals surface area contributed by atoms with E-state index in [4.69, 9.17) is 0 Å². The van der Waals surface area contributed by atoms with Crippen LogP contribution in [0.4, 0.5) is 14.5 Å². The summed E-state index contributed by atoms with van der Waals surface area (Å²) in [4.78, 5) is 1.71. The number of hydrogen-bond acceptors (Lipinski definition) is 2. The quantitative estimate of drug-likeness (QED) is 0.868. The molecule has 0 spiro atoms. The number of rotatable bonds is 5. The second-order valence-electron chi connectivity index (χ2n) is 5.29. The van der Waals surface area contributed by atoms with Crippen LogP contribution in [-0.4, -0.2) is 19.1 Å². The molecule has 1 aromatic rings. The zero-order chi connectivity index (χ0) is 13.3. The van der Waals surface area contributed by atoms with Crippen LogP contribution in [0.2, 0.25) is 0 Å². The van der Waals surface area contributed by atoms with Gasteiger partial charge in [0.15, 0.2) is 0 Å². The van der Waals surface area contributed by atoms with E-state index in [2.05, 4.69) is 5.32 Å². The summed E-state index contributed by atoms with van der Waals surface area (Å²) in [6.45, 7) is 4.49. The normalized spacial score (nSPS) is 15.2. The van der Waals surface area contributed by atoms with Crippen LogP contribution in [-0.2, 0) is 6.54 Å². The van der Waals surface area contributed by atoms with Gasteiger partial charge in [0.1, 0.15) is 17.3 Å². The number of benzene rings is 1. The molecule has 0 amide bonds. The summed E-state index contributed by atoms with van der Waals surface area (Å²) in [7, 11) is 1.76. The van der Waals surface area contributed by atoms with Gasteiger partial charge in [0, 0.05) is 25.7 Å². The minimum Gasteiger partial charge on any atom is -0.367 e. The van der Waals surface area contributed by atoms with Crippen molar-refractivity contribution in [3.8, 4) is 0 Å². The maximum atomic E-state index is 14.0. The van der Waals surface area contributed by atoms with E-state index in [9.17, 15) is 8.78 Å². The van der Waals surface area contributed by atoms with Gasteiger partial charge >= 0.3 is 0 Å². The monoisotopic (exact) mass is 254 g/mol. The molecule has 0 radical (unpaired) electrons. The lowest BCUT2D eigenvalue weighted by molar-refractivity contribution is 0.557. The van der Waals surface area contributed by atoms with Crippen molar-refractivity contribution in [2.45, 2.75) is 45.3 Å². The largest absolute Gasteiger partial charge is 0.367 e. The van der Waals surface area contributed by atoms with Crippen molar-refractivity contribution in [2.24, 2.45) is 0 Å². The molecule has 2 nitrogen and oxygen atoms in total. The molecular weight excluding hydrogens is 234 g/mol. The highest BCUT2D eigenvalue weighted by Crippen LogP contribution is 2.33. The van der Waals surface area contributed by atoms with E-state index in [1.807, 2.05) is 13.8 Å². The topological polar surface area (TPSA) is 15.3 Å². The third-order valence-corrected chi connectivity index (χ3v) is 3.24. The molecule has 2 rings (SSSR count). The Hall–Kier alpha value is -1.16. The average Bonchev–Trinajstić information content (AvgIpc) is 3.08. The molecule has 0 heterocycles. The molecule has 1 N–H and O–H groups in total. The first kappa shape index (κ1) is 13.3. The molecule has 1 saturated carbocycles. The van der Waals surface area contributed by atoms with Gasteiger partial charge in [-0.25, -0.2) is 8.78 Å². The highest BCUT2D eigenvalue weighted by Gasteiger charge is 2.29. The highest BCUT2D eigenvalue weighted by molar-refractivity contribution is 5.51. The number of hydrogen-bond donors (Lipinski definition) is 1. The van der Waals surface area contributed by atoms with Crippen LogP contribution in [0.3, 0.4) is 0 Å². The van der Waals surface area contributed by atoms with Crippen molar-refractivity contribution in [3.63, 3.8) is 0 Å². The number of halogens is 2. The molecule has 0 bridgehead atoms. The zero-order valence-corrected chi connectivity index (χ0v) is 11.1. The average molecular weight is 254 g/mol. The SMILES string of the molecule is CC(C)NCc1cc(F)c(N(C)C2CC2)c(F)c1. The van der Waals surface area contributed by atoms with Crippen LogP contribution >= 0.6 is 0 Å². The first-order chi connectivity index (χ1) is 8.49. The maximum absolute atomic E-state index is 14.0. The highest BCUT2D eigenvalue weighted by atomic mass is 19.1. The lowest BCUT2D eigenvalue weighted by atomic mass is 10.1. The van der Waals surface area contributed by atoms with Gasteiger partial charge in [0.05, 0.1) is 0 Å². The van der Waals surface area contributed by atoms with Crippen LogP contribution in [0.5, 0.6) is 0 Å². The summed E-state index contributed by atoms with van der Waals surface area (Å²) in [5.74, 6) is -0.935. The van der Waals surface area contributed by atoms with Crippen LogP contribution in [0.25, 0.3) is 0 Å². The number of nitrogens with one attached hydrogen (secondary N) is 1. The Morgan fingerprint density at radius 2 is 1.83 bits per heavy atom.